The second-order valence-corrected chi connectivity index (χ2v) is 4.01. The van der Waals surface area contributed by atoms with Crippen molar-refractivity contribution in [1.82, 2.24) is 5.32 Å². The van der Waals surface area contributed by atoms with Crippen LogP contribution >= 0.6 is 11.6 Å². The smallest absolute Gasteiger partial charge is 0.407 e. The SMILES string of the molecule is O=Cc1ccc(OCC2CNC(=O)O2)c(OCCl)c1. The zero-order chi connectivity index (χ0) is 13.7. The van der Waals surface area contributed by atoms with Crippen LogP contribution in [-0.4, -0.2) is 37.7 Å². The van der Waals surface area contributed by atoms with Crippen LogP contribution < -0.4 is 14.8 Å². The van der Waals surface area contributed by atoms with E-state index in [9.17, 15) is 9.59 Å². The number of benzene rings is 1. The van der Waals surface area contributed by atoms with Gasteiger partial charge in [-0.15, -0.1) is 0 Å². The number of cyclic esters (lactones) is 1. The molecule has 0 radical (unpaired) electrons. The number of carbonyl (C=O) groups is 2. The molecular weight excluding hydrogens is 274 g/mol. The predicted molar refractivity (Wildman–Crippen MR) is 66.9 cm³/mol. The molecule has 1 aromatic carbocycles. The van der Waals surface area contributed by atoms with E-state index in [1.54, 1.807) is 12.1 Å². The number of amides is 1. The number of halogens is 1. The van der Waals surface area contributed by atoms with Crippen molar-refractivity contribution in [3.63, 3.8) is 0 Å². The first kappa shape index (κ1) is 13.5. The van der Waals surface area contributed by atoms with Crippen LogP contribution in [0, 0.1) is 0 Å². The maximum atomic E-state index is 10.8. The highest BCUT2D eigenvalue weighted by Gasteiger charge is 2.23. The van der Waals surface area contributed by atoms with Crippen LogP contribution in [0.1, 0.15) is 10.4 Å². The lowest BCUT2D eigenvalue weighted by Gasteiger charge is -2.13. The van der Waals surface area contributed by atoms with E-state index in [2.05, 4.69) is 5.32 Å². The molecule has 1 heterocycles. The van der Waals surface area contributed by atoms with Crippen molar-refractivity contribution in [3.8, 4) is 11.5 Å². The fourth-order valence-electron chi connectivity index (χ4n) is 1.60. The molecular formula is C12H12ClNO5. The third kappa shape index (κ3) is 3.51. The van der Waals surface area contributed by atoms with E-state index in [1.165, 1.54) is 6.07 Å². The fraction of sp³-hybridized carbons (Fsp3) is 0.333. The zero-order valence-corrected chi connectivity index (χ0v) is 10.7. The maximum Gasteiger partial charge on any atom is 0.407 e. The molecule has 0 saturated carbocycles. The van der Waals surface area contributed by atoms with Gasteiger partial charge in [0, 0.05) is 5.56 Å². The number of hydrogen-bond donors (Lipinski definition) is 1. The van der Waals surface area contributed by atoms with Crippen molar-refractivity contribution in [2.24, 2.45) is 0 Å². The number of alkyl halides is 1. The van der Waals surface area contributed by atoms with E-state index in [0.717, 1.165) is 0 Å². The van der Waals surface area contributed by atoms with Gasteiger partial charge in [0.25, 0.3) is 0 Å². The van der Waals surface area contributed by atoms with Crippen LogP contribution in [0.2, 0.25) is 0 Å². The number of nitrogens with one attached hydrogen (secondary N) is 1. The second kappa shape index (κ2) is 6.29. The summed E-state index contributed by atoms with van der Waals surface area (Å²) in [6, 6.07) is 4.68. The van der Waals surface area contributed by atoms with Crippen molar-refractivity contribution in [2.45, 2.75) is 6.10 Å². The Morgan fingerprint density at radius 3 is 2.89 bits per heavy atom. The van der Waals surface area contributed by atoms with E-state index in [4.69, 9.17) is 25.8 Å². The van der Waals surface area contributed by atoms with E-state index in [-0.39, 0.29) is 18.8 Å². The molecule has 1 amide bonds. The quantitative estimate of drug-likeness (QED) is 0.634. The minimum atomic E-state index is -0.456. The summed E-state index contributed by atoms with van der Waals surface area (Å²) in [6.07, 6.45) is -0.0997. The first-order valence-electron chi connectivity index (χ1n) is 5.58. The van der Waals surface area contributed by atoms with E-state index < -0.39 is 6.09 Å². The summed E-state index contributed by atoms with van der Waals surface area (Å²) in [5.41, 5.74) is 0.460. The Morgan fingerprint density at radius 1 is 1.42 bits per heavy atom. The van der Waals surface area contributed by atoms with Crippen molar-refractivity contribution < 1.29 is 23.8 Å². The van der Waals surface area contributed by atoms with E-state index in [0.29, 0.717) is 29.9 Å². The van der Waals surface area contributed by atoms with Crippen LogP contribution in [-0.2, 0) is 4.74 Å². The second-order valence-electron chi connectivity index (χ2n) is 3.80. The minimum absolute atomic E-state index is 0.0569. The Hall–Kier alpha value is -1.95. The average molecular weight is 286 g/mol. The van der Waals surface area contributed by atoms with Crippen LogP contribution in [0.25, 0.3) is 0 Å². The molecule has 1 aromatic rings. The first-order chi connectivity index (χ1) is 9.22. The van der Waals surface area contributed by atoms with Gasteiger partial charge in [-0.3, -0.25) is 4.79 Å². The summed E-state index contributed by atoms with van der Waals surface area (Å²) in [7, 11) is 0. The van der Waals surface area contributed by atoms with Crippen molar-refractivity contribution in [1.29, 1.82) is 0 Å². The molecule has 2 rings (SSSR count). The Balaban J connectivity index is 2.02. The van der Waals surface area contributed by atoms with Gasteiger partial charge in [0.1, 0.15) is 12.9 Å². The normalized spacial score (nSPS) is 17.5. The van der Waals surface area contributed by atoms with Gasteiger partial charge in [0.15, 0.2) is 23.7 Å². The van der Waals surface area contributed by atoms with Gasteiger partial charge in [-0.25, -0.2) is 4.79 Å². The number of carbonyl (C=O) groups excluding carboxylic acids is 2. The van der Waals surface area contributed by atoms with E-state index >= 15 is 0 Å². The summed E-state index contributed by atoms with van der Waals surface area (Å²) in [5.74, 6) is 0.811. The molecule has 1 unspecified atom stereocenters. The molecule has 6 nitrogen and oxygen atoms in total. The van der Waals surface area contributed by atoms with Gasteiger partial charge in [0.05, 0.1) is 6.54 Å². The third-order valence-electron chi connectivity index (χ3n) is 2.49. The lowest BCUT2D eigenvalue weighted by Crippen LogP contribution is -2.22. The summed E-state index contributed by atoms with van der Waals surface area (Å²) >= 11 is 5.50. The highest BCUT2D eigenvalue weighted by Crippen LogP contribution is 2.28. The highest BCUT2D eigenvalue weighted by molar-refractivity contribution is 6.17. The fourth-order valence-corrected chi connectivity index (χ4v) is 1.71. The number of alkyl carbamates (subject to hydrolysis) is 1. The monoisotopic (exact) mass is 285 g/mol. The highest BCUT2D eigenvalue weighted by atomic mass is 35.5. The summed E-state index contributed by atoms with van der Waals surface area (Å²) in [5, 5.41) is 2.52. The standard InChI is InChI=1S/C12H12ClNO5/c13-7-18-11-3-8(5-15)1-2-10(11)17-6-9-4-14-12(16)19-9/h1-3,5,9H,4,6-7H2,(H,14,16). The Morgan fingerprint density at radius 2 is 2.26 bits per heavy atom. The molecule has 1 atom stereocenters. The maximum absolute atomic E-state index is 10.8. The largest absolute Gasteiger partial charge is 0.486 e. The van der Waals surface area contributed by atoms with Crippen LogP contribution in [0.5, 0.6) is 11.5 Å². The zero-order valence-electron chi connectivity index (χ0n) is 9.93. The average Bonchev–Trinajstić information content (AvgIpc) is 2.83. The lowest BCUT2D eigenvalue weighted by atomic mass is 10.2. The number of hydrogen-bond acceptors (Lipinski definition) is 5. The molecule has 19 heavy (non-hydrogen) atoms. The van der Waals surface area contributed by atoms with Crippen LogP contribution in [0.3, 0.4) is 0 Å². The molecule has 7 heteroatoms. The van der Waals surface area contributed by atoms with Gasteiger partial charge in [-0.05, 0) is 18.2 Å². The molecule has 1 fully saturated rings. The van der Waals surface area contributed by atoms with Gasteiger partial charge in [0.2, 0.25) is 0 Å². The van der Waals surface area contributed by atoms with Crippen molar-refractivity contribution in [2.75, 3.05) is 19.2 Å². The van der Waals surface area contributed by atoms with Crippen LogP contribution in [0.4, 0.5) is 4.79 Å². The molecule has 1 N–H and O–H groups in total. The van der Waals surface area contributed by atoms with E-state index in [1.807, 2.05) is 0 Å². The Kier molecular flexibility index (Phi) is 4.46. The van der Waals surface area contributed by atoms with Crippen molar-refractivity contribution >= 4 is 24.0 Å². The van der Waals surface area contributed by atoms with Gasteiger partial charge >= 0.3 is 6.09 Å². The molecule has 0 spiro atoms. The summed E-state index contributed by atoms with van der Waals surface area (Å²) in [6.45, 7) is 0.592. The Bertz CT molecular complexity index is 479. The van der Waals surface area contributed by atoms with Crippen molar-refractivity contribution in [3.05, 3.63) is 23.8 Å². The third-order valence-corrected chi connectivity index (χ3v) is 2.60. The first-order valence-corrected chi connectivity index (χ1v) is 6.11. The van der Waals surface area contributed by atoms with Crippen LogP contribution in [0.15, 0.2) is 18.2 Å². The molecule has 0 bridgehead atoms. The Labute approximate surface area is 114 Å². The van der Waals surface area contributed by atoms with Gasteiger partial charge in [-0.1, -0.05) is 11.6 Å². The molecule has 1 saturated heterocycles. The summed E-state index contributed by atoms with van der Waals surface area (Å²) < 4.78 is 15.6. The minimum Gasteiger partial charge on any atom is -0.486 e. The predicted octanol–water partition coefficient (Wildman–Crippen LogP) is 1.56. The lowest BCUT2D eigenvalue weighted by molar-refractivity contribution is 0.103. The molecule has 102 valence electrons. The molecule has 0 aliphatic carbocycles. The molecule has 1 aliphatic heterocycles. The van der Waals surface area contributed by atoms with Gasteiger partial charge < -0.3 is 19.5 Å². The number of ether oxygens (including phenoxy) is 3. The molecule has 1 aliphatic rings. The number of aldehydes is 1. The van der Waals surface area contributed by atoms with Gasteiger partial charge in [-0.2, -0.15) is 0 Å². The number of rotatable bonds is 6. The topological polar surface area (TPSA) is 73.9 Å². The molecule has 0 aromatic heterocycles. The summed E-state index contributed by atoms with van der Waals surface area (Å²) in [4.78, 5) is 21.5.